The van der Waals surface area contributed by atoms with Gasteiger partial charge in [-0.25, -0.2) is 9.97 Å². The summed E-state index contributed by atoms with van der Waals surface area (Å²) >= 11 is 0. The topological polar surface area (TPSA) is 81.5 Å². The van der Waals surface area contributed by atoms with Gasteiger partial charge < -0.3 is 14.6 Å². The Balaban J connectivity index is 1.77. The average molecular weight is 485 g/mol. The molecule has 0 bridgehead atoms. The van der Waals surface area contributed by atoms with Gasteiger partial charge in [-0.05, 0) is 31.2 Å². The van der Waals surface area contributed by atoms with Crippen LogP contribution < -0.4 is 4.74 Å². The molecule has 2 aromatic rings. The van der Waals surface area contributed by atoms with Crippen molar-refractivity contribution in [2.45, 2.75) is 96.8 Å². The fourth-order valence-electron chi connectivity index (χ4n) is 3.99. The second-order valence-corrected chi connectivity index (χ2v) is 9.19. The standard InChI is InChI=1S/C29H44N2O4/c1-3-5-7-8-9-10-11-14-27(29(32)33)24-15-17-25(18-16-24)28-30-22-26(23-31-28)35-21-13-12-20-34-19-6-4-2/h15-18,22-23,27H,3-14,19-21H2,1-2H3,(H,32,33). The van der Waals surface area contributed by atoms with Crippen molar-refractivity contribution in [1.82, 2.24) is 9.97 Å². The van der Waals surface area contributed by atoms with Crippen molar-refractivity contribution in [2.75, 3.05) is 19.8 Å². The quantitative estimate of drug-likeness (QED) is 0.197. The van der Waals surface area contributed by atoms with Gasteiger partial charge >= 0.3 is 5.97 Å². The zero-order chi connectivity index (χ0) is 25.1. The highest BCUT2D eigenvalue weighted by Crippen LogP contribution is 2.26. The van der Waals surface area contributed by atoms with E-state index in [1.54, 1.807) is 12.4 Å². The third kappa shape index (κ3) is 11.7. The predicted octanol–water partition coefficient (Wildman–Crippen LogP) is 7.43. The minimum Gasteiger partial charge on any atom is -0.490 e. The van der Waals surface area contributed by atoms with E-state index in [-0.39, 0.29) is 0 Å². The maximum absolute atomic E-state index is 11.8. The van der Waals surface area contributed by atoms with Crippen molar-refractivity contribution in [3.63, 3.8) is 0 Å². The van der Waals surface area contributed by atoms with Crippen molar-refractivity contribution >= 4 is 5.97 Å². The molecule has 0 aliphatic rings. The monoisotopic (exact) mass is 484 g/mol. The van der Waals surface area contributed by atoms with E-state index in [1.165, 1.54) is 32.1 Å². The molecule has 0 spiro atoms. The molecule has 0 fully saturated rings. The molecule has 1 aromatic heterocycles. The molecule has 0 aliphatic heterocycles. The summed E-state index contributed by atoms with van der Waals surface area (Å²) in [4.78, 5) is 20.7. The van der Waals surface area contributed by atoms with Gasteiger partial charge in [0.2, 0.25) is 0 Å². The molecule has 2 rings (SSSR count). The van der Waals surface area contributed by atoms with Gasteiger partial charge in [-0.2, -0.15) is 0 Å². The van der Waals surface area contributed by atoms with Crippen LogP contribution in [0.3, 0.4) is 0 Å². The van der Waals surface area contributed by atoms with E-state index >= 15 is 0 Å². The molecule has 1 atom stereocenters. The normalized spacial score (nSPS) is 11.9. The molecule has 0 saturated carbocycles. The molecule has 0 amide bonds. The molecule has 1 aromatic carbocycles. The Labute approximate surface area is 211 Å². The smallest absolute Gasteiger partial charge is 0.310 e. The third-order valence-corrected chi connectivity index (χ3v) is 6.19. The van der Waals surface area contributed by atoms with Crippen LogP contribution in [0.25, 0.3) is 11.4 Å². The van der Waals surface area contributed by atoms with Gasteiger partial charge in [0.15, 0.2) is 11.6 Å². The summed E-state index contributed by atoms with van der Waals surface area (Å²) in [7, 11) is 0. The molecule has 1 N–H and O–H groups in total. The lowest BCUT2D eigenvalue weighted by Gasteiger charge is -2.13. The number of benzene rings is 1. The summed E-state index contributed by atoms with van der Waals surface area (Å²) in [5.74, 6) is 0.0347. The molecule has 0 radical (unpaired) electrons. The summed E-state index contributed by atoms with van der Waals surface area (Å²) in [6, 6.07) is 7.60. The summed E-state index contributed by atoms with van der Waals surface area (Å²) in [5.41, 5.74) is 1.70. The minimum absolute atomic E-state index is 0.464. The summed E-state index contributed by atoms with van der Waals surface area (Å²) in [6.07, 6.45) is 16.5. The number of ether oxygens (including phenoxy) is 2. The van der Waals surface area contributed by atoms with Gasteiger partial charge in [-0.15, -0.1) is 0 Å². The second-order valence-electron chi connectivity index (χ2n) is 9.19. The van der Waals surface area contributed by atoms with Gasteiger partial charge in [-0.3, -0.25) is 4.79 Å². The largest absolute Gasteiger partial charge is 0.490 e. The Bertz CT molecular complexity index is 808. The fourth-order valence-corrected chi connectivity index (χ4v) is 3.99. The first-order valence-corrected chi connectivity index (χ1v) is 13.5. The number of unbranched alkanes of at least 4 members (excludes halogenated alkanes) is 8. The van der Waals surface area contributed by atoms with E-state index in [4.69, 9.17) is 9.47 Å². The lowest BCUT2D eigenvalue weighted by Crippen LogP contribution is -2.11. The van der Waals surface area contributed by atoms with E-state index in [2.05, 4.69) is 23.8 Å². The van der Waals surface area contributed by atoms with Crippen molar-refractivity contribution in [2.24, 2.45) is 0 Å². The summed E-state index contributed by atoms with van der Waals surface area (Å²) < 4.78 is 11.3. The van der Waals surface area contributed by atoms with Crippen LogP contribution in [0.1, 0.15) is 102 Å². The molecule has 1 heterocycles. The Morgan fingerprint density at radius 2 is 1.40 bits per heavy atom. The number of carbonyl (C=O) groups is 1. The maximum Gasteiger partial charge on any atom is 0.310 e. The van der Waals surface area contributed by atoms with Crippen molar-refractivity contribution < 1.29 is 19.4 Å². The Morgan fingerprint density at radius 1 is 0.800 bits per heavy atom. The zero-order valence-corrected chi connectivity index (χ0v) is 21.7. The number of carboxylic acid groups (broad SMARTS) is 1. The van der Waals surface area contributed by atoms with E-state index in [1.807, 2.05) is 24.3 Å². The molecular weight excluding hydrogens is 440 g/mol. The molecule has 6 heteroatoms. The molecular formula is C29H44N2O4. The highest BCUT2D eigenvalue weighted by atomic mass is 16.5. The first kappa shape index (κ1) is 28.8. The minimum atomic E-state index is -0.756. The van der Waals surface area contributed by atoms with Crippen LogP contribution in [-0.4, -0.2) is 40.9 Å². The van der Waals surface area contributed by atoms with E-state index in [9.17, 15) is 9.90 Å². The van der Waals surface area contributed by atoms with Crippen LogP contribution >= 0.6 is 0 Å². The maximum atomic E-state index is 11.8. The number of rotatable bonds is 20. The molecule has 194 valence electrons. The molecule has 6 nitrogen and oxygen atoms in total. The fraction of sp³-hybridized carbons (Fsp3) is 0.621. The van der Waals surface area contributed by atoms with Crippen LogP contribution in [0.2, 0.25) is 0 Å². The van der Waals surface area contributed by atoms with Crippen LogP contribution in [0, 0.1) is 0 Å². The van der Waals surface area contributed by atoms with Gasteiger partial charge in [0.05, 0.1) is 24.9 Å². The van der Waals surface area contributed by atoms with Crippen LogP contribution in [-0.2, 0) is 9.53 Å². The number of nitrogens with zero attached hydrogens (tertiary/aromatic N) is 2. The molecule has 0 saturated heterocycles. The van der Waals surface area contributed by atoms with Crippen molar-refractivity contribution in [3.8, 4) is 17.1 Å². The highest BCUT2D eigenvalue weighted by molar-refractivity contribution is 5.76. The first-order valence-electron chi connectivity index (χ1n) is 13.5. The number of hydrogen-bond donors (Lipinski definition) is 1. The molecule has 0 aliphatic carbocycles. The predicted molar refractivity (Wildman–Crippen MR) is 141 cm³/mol. The van der Waals surface area contributed by atoms with E-state index in [0.29, 0.717) is 24.6 Å². The van der Waals surface area contributed by atoms with Gasteiger partial charge in [0.1, 0.15) is 0 Å². The van der Waals surface area contributed by atoms with E-state index < -0.39 is 11.9 Å². The summed E-state index contributed by atoms with van der Waals surface area (Å²) in [5, 5.41) is 9.72. The SMILES string of the molecule is CCCCCCCCCC(C(=O)O)c1ccc(-c2ncc(OCCCCOCCCC)cn2)cc1. The Morgan fingerprint density at radius 3 is 2.06 bits per heavy atom. The third-order valence-electron chi connectivity index (χ3n) is 6.19. The van der Waals surface area contributed by atoms with Crippen molar-refractivity contribution in [1.29, 1.82) is 0 Å². The summed E-state index contributed by atoms with van der Waals surface area (Å²) in [6.45, 7) is 6.60. The molecule has 1 unspecified atom stereocenters. The van der Waals surface area contributed by atoms with Crippen molar-refractivity contribution in [3.05, 3.63) is 42.2 Å². The Hall–Kier alpha value is -2.47. The Kier molecular flexibility index (Phi) is 14.7. The van der Waals surface area contributed by atoms with Crippen LogP contribution in [0.15, 0.2) is 36.7 Å². The lowest BCUT2D eigenvalue weighted by atomic mass is 9.92. The number of aromatic nitrogens is 2. The lowest BCUT2D eigenvalue weighted by molar-refractivity contribution is -0.139. The van der Waals surface area contributed by atoms with Gasteiger partial charge in [-0.1, -0.05) is 89.5 Å². The molecule has 35 heavy (non-hydrogen) atoms. The van der Waals surface area contributed by atoms with Gasteiger partial charge in [0.25, 0.3) is 0 Å². The van der Waals surface area contributed by atoms with E-state index in [0.717, 1.165) is 62.9 Å². The zero-order valence-electron chi connectivity index (χ0n) is 21.7. The highest BCUT2D eigenvalue weighted by Gasteiger charge is 2.19. The van der Waals surface area contributed by atoms with Gasteiger partial charge in [0, 0.05) is 18.8 Å². The van der Waals surface area contributed by atoms with Crippen LogP contribution in [0.4, 0.5) is 0 Å². The average Bonchev–Trinajstić information content (AvgIpc) is 2.88. The number of carboxylic acids is 1. The second kappa shape index (κ2) is 17.9. The first-order chi connectivity index (χ1) is 17.2. The van der Waals surface area contributed by atoms with Crippen LogP contribution in [0.5, 0.6) is 5.75 Å². The number of aliphatic carboxylic acids is 1. The number of hydrogen-bond acceptors (Lipinski definition) is 5.